The molecule has 0 bridgehead atoms. The summed E-state index contributed by atoms with van der Waals surface area (Å²) in [4.78, 5) is 11.5. The topological polar surface area (TPSA) is 75.3 Å². The fourth-order valence-electron chi connectivity index (χ4n) is 1.86. The number of hydrogen-bond acceptors (Lipinski definition) is 5. The lowest BCUT2D eigenvalue weighted by atomic mass is 10.1. The first-order valence-corrected chi connectivity index (χ1v) is 6.15. The monoisotopic (exact) mass is 288 g/mol. The van der Waals surface area contributed by atoms with Gasteiger partial charge in [0.2, 0.25) is 5.76 Å². The zero-order chi connectivity index (χ0) is 15.4. The van der Waals surface area contributed by atoms with E-state index >= 15 is 0 Å². The number of furan rings is 1. The van der Waals surface area contributed by atoms with Crippen LogP contribution < -0.4 is 5.32 Å². The predicted octanol–water partition coefficient (Wildman–Crippen LogP) is 3.00. The summed E-state index contributed by atoms with van der Waals surface area (Å²) >= 11 is 0. The highest BCUT2D eigenvalue weighted by Gasteiger charge is 2.16. The molecule has 0 spiro atoms. The Morgan fingerprint density at radius 3 is 2.95 bits per heavy atom. The fourth-order valence-corrected chi connectivity index (χ4v) is 1.86. The largest absolute Gasteiger partial charge is 0.463 e. The van der Waals surface area contributed by atoms with E-state index < -0.39 is 11.8 Å². The van der Waals surface area contributed by atoms with Crippen LogP contribution in [0.1, 0.15) is 27.2 Å². The Balaban J connectivity index is 2.21. The number of nitrogens with one attached hydrogen (secondary N) is 1. The number of benzene rings is 1. The molecule has 0 saturated carbocycles. The third kappa shape index (κ3) is 3.03. The Morgan fingerprint density at radius 2 is 2.29 bits per heavy atom. The molecule has 0 saturated heterocycles. The summed E-state index contributed by atoms with van der Waals surface area (Å²) in [7, 11) is 1.26. The molecule has 0 aliphatic carbocycles. The molecule has 108 valence electrons. The van der Waals surface area contributed by atoms with Crippen LogP contribution in [0.15, 0.2) is 28.9 Å². The Labute approximate surface area is 120 Å². The van der Waals surface area contributed by atoms with Crippen LogP contribution in [0.3, 0.4) is 0 Å². The average molecular weight is 288 g/mol. The molecule has 0 fully saturated rings. The van der Waals surface area contributed by atoms with Gasteiger partial charge in [-0.2, -0.15) is 5.26 Å². The van der Waals surface area contributed by atoms with Gasteiger partial charge in [-0.1, -0.05) is 0 Å². The molecule has 0 aliphatic heterocycles. The number of methoxy groups -OCH3 is 1. The summed E-state index contributed by atoms with van der Waals surface area (Å²) in [6.45, 7) is 1.85. The summed E-state index contributed by atoms with van der Waals surface area (Å²) in [5.41, 5.74) is 1.70. The normalized spacial score (nSPS) is 10.0. The Kier molecular flexibility index (Phi) is 4.24. The first-order valence-electron chi connectivity index (χ1n) is 6.15. The van der Waals surface area contributed by atoms with Gasteiger partial charge in [-0.25, -0.2) is 9.18 Å². The molecular formula is C15H13FN2O3. The van der Waals surface area contributed by atoms with Gasteiger partial charge < -0.3 is 14.5 Å². The third-order valence-corrected chi connectivity index (χ3v) is 3.06. The Hall–Kier alpha value is -2.81. The first kappa shape index (κ1) is 14.6. The van der Waals surface area contributed by atoms with Crippen molar-refractivity contribution in [3.05, 3.63) is 52.7 Å². The van der Waals surface area contributed by atoms with Gasteiger partial charge in [0.15, 0.2) is 0 Å². The molecule has 2 rings (SSSR count). The van der Waals surface area contributed by atoms with E-state index in [4.69, 9.17) is 9.68 Å². The minimum Gasteiger partial charge on any atom is -0.463 e. The summed E-state index contributed by atoms with van der Waals surface area (Å²) in [5.74, 6) is -0.943. The van der Waals surface area contributed by atoms with Gasteiger partial charge in [-0.3, -0.25) is 0 Å². The second-order valence-corrected chi connectivity index (χ2v) is 4.36. The second kappa shape index (κ2) is 6.09. The molecule has 0 aliphatic rings. The number of nitrogens with zero attached hydrogens (tertiary/aromatic N) is 1. The smallest absolute Gasteiger partial charge is 0.374 e. The quantitative estimate of drug-likeness (QED) is 0.875. The minimum absolute atomic E-state index is 0.0968. The van der Waals surface area contributed by atoms with Crippen molar-refractivity contribution in [2.75, 3.05) is 12.4 Å². The maximum atomic E-state index is 13.7. The lowest BCUT2D eigenvalue weighted by Gasteiger charge is -2.10. The molecule has 1 aromatic heterocycles. The lowest BCUT2D eigenvalue weighted by molar-refractivity contribution is 0.0563. The van der Waals surface area contributed by atoms with Gasteiger partial charge in [-0.15, -0.1) is 0 Å². The van der Waals surface area contributed by atoms with Crippen LogP contribution in [-0.2, 0) is 11.3 Å². The number of nitriles is 1. The zero-order valence-corrected chi connectivity index (χ0v) is 11.6. The van der Waals surface area contributed by atoms with Gasteiger partial charge >= 0.3 is 5.97 Å². The molecule has 1 N–H and O–H groups in total. The van der Waals surface area contributed by atoms with Crippen molar-refractivity contribution in [1.29, 1.82) is 5.26 Å². The van der Waals surface area contributed by atoms with E-state index in [0.29, 0.717) is 16.8 Å². The molecule has 2 aromatic rings. The van der Waals surface area contributed by atoms with Crippen molar-refractivity contribution in [3.63, 3.8) is 0 Å². The second-order valence-electron chi connectivity index (χ2n) is 4.36. The molecule has 6 heteroatoms. The van der Waals surface area contributed by atoms with E-state index in [2.05, 4.69) is 10.1 Å². The fraction of sp³-hybridized carbons (Fsp3) is 0.200. The number of anilines is 1. The van der Waals surface area contributed by atoms with Crippen LogP contribution in [0, 0.1) is 24.1 Å². The number of ether oxygens (including phenoxy) is 1. The summed E-state index contributed by atoms with van der Waals surface area (Å²) < 4.78 is 23.3. The van der Waals surface area contributed by atoms with Crippen molar-refractivity contribution < 1.29 is 18.3 Å². The van der Waals surface area contributed by atoms with E-state index in [-0.39, 0.29) is 17.9 Å². The van der Waals surface area contributed by atoms with Crippen LogP contribution in [0.2, 0.25) is 0 Å². The van der Waals surface area contributed by atoms with Gasteiger partial charge in [-0.05, 0) is 25.1 Å². The molecule has 0 unspecified atom stereocenters. The number of carbonyl (C=O) groups excluding carboxylic acids is 1. The van der Waals surface area contributed by atoms with Crippen molar-refractivity contribution in [2.24, 2.45) is 0 Å². The van der Waals surface area contributed by atoms with Gasteiger partial charge in [0.1, 0.15) is 5.82 Å². The number of carbonyl (C=O) groups is 1. The van der Waals surface area contributed by atoms with Crippen LogP contribution in [0.4, 0.5) is 10.1 Å². The van der Waals surface area contributed by atoms with Crippen LogP contribution in [0.25, 0.3) is 0 Å². The SMILES string of the molecule is COC(=O)c1occc1CNc1cc(C#N)cc(F)c1C. The number of hydrogen-bond donors (Lipinski definition) is 1. The van der Waals surface area contributed by atoms with Crippen LogP contribution in [0.5, 0.6) is 0 Å². The highest BCUT2D eigenvalue weighted by atomic mass is 19.1. The third-order valence-electron chi connectivity index (χ3n) is 3.06. The van der Waals surface area contributed by atoms with Gasteiger partial charge in [0.25, 0.3) is 0 Å². The highest BCUT2D eigenvalue weighted by molar-refractivity contribution is 5.87. The Bertz CT molecular complexity index is 716. The van der Waals surface area contributed by atoms with Gasteiger partial charge in [0.05, 0.1) is 25.0 Å². The van der Waals surface area contributed by atoms with Crippen molar-refractivity contribution in [1.82, 2.24) is 0 Å². The maximum absolute atomic E-state index is 13.7. The molecule has 0 amide bonds. The van der Waals surface area contributed by atoms with Crippen LogP contribution in [-0.4, -0.2) is 13.1 Å². The van der Waals surface area contributed by atoms with E-state index in [1.54, 1.807) is 19.1 Å². The molecule has 0 atom stereocenters. The number of halogens is 1. The lowest BCUT2D eigenvalue weighted by Crippen LogP contribution is -2.08. The molecule has 1 heterocycles. The maximum Gasteiger partial charge on any atom is 0.374 e. The zero-order valence-electron chi connectivity index (χ0n) is 11.6. The van der Waals surface area contributed by atoms with Crippen LogP contribution >= 0.6 is 0 Å². The molecule has 5 nitrogen and oxygen atoms in total. The van der Waals surface area contributed by atoms with Gasteiger partial charge in [0, 0.05) is 23.4 Å². The number of rotatable bonds is 4. The van der Waals surface area contributed by atoms with Crippen molar-refractivity contribution in [3.8, 4) is 6.07 Å². The Morgan fingerprint density at radius 1 is 1.52 bits per heavy atom. The summed E-state index contributed by atoms with van der Waals surface area (Å²) in [6.07, 6.45) is 1.38. The molecule has 0 radical (unpaired) electrons. The van der Waals surface area contributed by atoms with E-state index in [1.807, 2.05) is 6.07 Å². The molecule has 21 heavy (non-hydrogen) atoms. The number of esters is 1. The average Bonchev–Trinajstić information content (AvgIpc) is 2.96. The first-order chi connectivity index (χ1) is 10.1. The minimum atomic E-state index is -0.578. The van der Waals surface area contributed by atoms with Crippen molar-refractivity contribution >= 4 is 11.7 Å². The van der Waals surface area contributed by atoms with Crippen molar-refractivity contribution in [2.45, 2.75) is 13.5 Å². The molecule has 1 aromatic carbocycles. The molecular weight excluding hydrogens is 275 g/mol. The predicted molar refractivity (Wildman–Crippen MR) is 73.2 cm³/mol. The summed E-state index contributed by atoms with van der Waals surface area (Å²) in [5, 5.41) is 11.8. The standard InChI is InChI=1S/C15H13FN2O3/c1-9-12(16)5-10(7-17)6-13(9)18-8-11-3-4-21-14(11)15(19)20-2/h3-6,18H,8H2,1-2H3. The van der Waals surface area contributed by atoms with E-state index in [9.17, 15) is 9.18 Å². The highest BCUT2D eigenvalue weighted by Crippen LogP contribution is 2.22. The summed E-state index contributed by atoms with van der Waals surface area (Å²) in [6, 6.07) is 6.25. The van der Waals surface area contributed by atoms with E-state index in [1.165, 1.54) is 19.4 Å². The van der Waals surface area contributed by atoms with E-state index in [0.717, 1.165) is 0 Å².